The van der Waals surface area contributed by atoms with Crippen LogP contribution in [0.1, 0.15) is 55.7 Å². The first kappa shape index (κ1) is 27.6. The Kier molecular flexibility index (Phi) is 8.48. The Labute approximate surface area is 225 Å². The first-order chi connectivity index (χ1) is 18.7. The summed E-state index contributed by atoms with van der Waals surface area (Å²) in [7, 11) is 1.55. The minimum atomic E-state index is -0.948. The van der Waals surface area contributed by atoms with E-state index in [1.54, 1.807) is 46.1 Å². The normalized spacial score (nSPS) is 17.6. The van der Waals surface area contributed by atoms with Crippen molar-refractivity contribution in [2.75, 3.05) is 17.7 Å². The molecule has 2 amide bonds. The average Bonchev–Trinajstić information content (AvgIpc) is 3.29. The van der Waals surface area contributed by atoms with E-state index in [9.17, 15) is 19.5 Å². The largest absolute Gasteiger partial charge is 0.496 e. The molecule has 3 N–H and O–H groups in total. The van der Waals surface area contributed by atoms with Gasteiger partial charge in [-0.15, -0.1) is 0 Å². The number of methoxy groups -OCH3 is 1. The lowest BCUT2D eigenvalue weighted by Crippen LogP contribution is -2.36. The van der Waals surface area contributed by atoms with Crippen LogP contribution in [0.4, 0.5) is 16.2 Å². The lowest BCUT2D eigenvalue weighted by atomic mass is 9.78. The van der Waals surface area contributed by atoms with Crippen molar-refractivity contribution in [3.05, 3.63) is 53.3 Å². The molecule has 4 rings (SSSR count). The summed E-state index contributed by atoms with van der Waals surface area (Å²) in [4.78, 5) is 41.8. The van der Waals surface area contributed by atoms with Gasteiger partial charge in [0.25, 0.3) is 0 Å². The van der Waals surface area contributed by atoms with Gasteiger partial charge in [-0.25, -0.2) is 9.78 Å². The third kappa shape index (κ3) is 6.19. The smallest absolute Gasteiger partial charge is 0.412 e. The van der Waals surface area contributed by atoms with E-state index >= 15 is 0 Å². The molecule has 206 valence electrons. The molecule has 11 heteroatoms. The number of benzene rings is 1. The van der Waals surface area contributed by atoms with Gasteiger partial charge in [0.2, 0.25) is 11.7 Å². The van der Waals surface area contributed by atoms with Gasteiger partial charge in [0.1, 0.15) is 28.9 Å². The fourth-order valence-corrected chi connectivity index (χ4v) is 4.83. The Morgan fingerprint density at radius 3 is 2.44 bits per heavy atom. The molecule has 1 saturated carbocycles. The number of nitrogens with one attached hydrogen (secondary N) is 2. The topological polar surface area (TPSA) is 153 Å². The number of nitrogens with zero attached hydrogens (tertiary/aromatic N) is 2. The summed E-state index contributed by atoms with van der Waals surface area (Å²) in [5.41, 5.74) is 2.81. The summed E-state index contributed by atoms with van der Waals surface area (Å²) >= 11 is 0. The van der Waals surface area contributed by atoms with Crippen LogP contribution in [0.15, 0.2) is 40.9 Å². The van der Waals surface area contributed by atoms with Crippen LogP contribution in [0.25, 0.3) is 11.5 Å². The molecule has 0 aliphatic heterocycles. The van der Waals surface area contributed by atoms with Crippen LogP contribution in [0.5, 0.6) is 5.75 Å². The van der Waals surface area contributed by atoms with Gasteiger partial charge in [0.05, 0.1) is 30.3 Å². The van der Waals surface area contributed by atoms with Gasteiger partial charge in [-0.2, -0.15) is 0 Å². The van der Waals surface area contributed by atoms with Gasteiger partial charge in [-0.1, -0.05) is 36.2 Å². The SMILES string of the molecule is COc1ccccc1[C@@H](C)OC(=O)Nc1c(C)noc1-c1ccc(NC(=O)[C@H]2CCCC[C@@H]2C(=O)O)c(C)n1. The molecule has 2 aromatic heterocycles. The predicted molar refractivity (Wildman–Crippen MR) is 142 cm³/mol. The van der Waals surface area contributed by atoms with E-state index in [1.807, 2.05) is 18.2 Å². The molecular weight excluding hydrogens is 504 g/mol. The minimum absolute atomic E-state index is 0.230. The number of anilines is 2. The Morgan fingerprint density at radius 1 is 1.03 bits per heavy atom. The van der Waals surface area contributed by atoms with Crippen LogP contribution in [-0.2, 0) is 14.3 Å². The van der Waals surface area contributed by atoms with Crippen LogP contribution < -0.4 is 15.4 Å². The summed E-state index contributed by atoms with van der Waals surface area (Å²) in [5.74, 6) is -1.72. The zero-order valence-corrected chi connectivity index (χ0v) is 22.3. The molecule has 39 heavy (non-hydrogen) atoms. The number of pyridine rings is 1. The van der Waals surface area contributed by atoms with E-state index in [2.05, 4.69) is 20.8 Å². The monoisotopic (exact) mass is 536 g/mol. The lowest BCUT2D eigenvalue weighted by Gasteiger charge is -2.27. The maximum Gasteiger partial charge on any atom is 0.412 e. The Bertz CT molecular complexity index is 1370. The summed E-state index contributed by atoms with van der Waals surface area (Å²) in [6, 6.07) is 10.6. The molecule has 3 aromatic rings. The second-order valence-electron chi connectivity index (χ2n) is 9.54. The van der Waals surface area contributed by atoms with Gasteiger partial charge < -0.3 is 24.4 Å². The standard InChI is InChI=1S/C28H32N4O7/c1-15-21(30-26(33)19-10-5-6-11-20(19)27(34)35)13-14-22(29-15)25-24(16(2)32-39-25)31-28(36)38-17(3)18-9-7-8-12-23(18)37-4/h7-9,12-14,17,19-20H,5-6,10-11H2,1-4H3,(H,30,33)(H,31,36)(H,34,35)/t17-,19+,20+/m1/s1. The molecule has 0 unspecified atom stereocenters. The van der Waals surface area contributed by atoms with E-state index in [1.165, 1.54) is 0 Å². The zero-order valence-electron chi connectivity index (χ0n) is 22.3. The number of rotatable bonds is 8. The molecule has 0 saturated heterocycles. The molecule has 3 atom stereocenters. The summed E-state index contributed by atoms with van der Waals surface area (Å²) < 4.78 is 16.4. The Hall–Kier alpha value is -4.41. The van der Waals surface area contributed by atoms with Crippen molar-refractivity contribution in [1.29, 1.82) is 0 Å². The average molecular weight is 537 g/mol. The fourth-order valence-electron chi connectivity index (χ4n) is 4.83. The molecular formula is C28H32N4O7. The van der Waals surface area contributed by atoms with Crippen molar-refractivity contribution in [3.8, 4) is 17.2 Å². The zero-order chi connectivity index (χ0) is 28.1. The van der Waals surface area contributed by atoms with Crippen molar-refractivity contribution in [2.45, 2.75) is 52.6 Å². The Morgan fingerprint density at radius 2 is 1.74 bits per heavy atom. The summed E-state index contributed by atoms with van der Waals surface area (Å²) in [5, 5.41) is 19.0. The van der Waals surface area contributed by atoms with Crippen LogP contribution in [0.3, 0.4) is 0 Å². The lowest BCUT2D eigenvalue weighted by molar-refractivity contribution is -0.147. The number of hydrogen-bond donors (Lipinski definition) is 3. The van der Waals surface area contributed by atoms with Crippen molar-refractivity contribution in [2.24, 2.45) is 11.8 Å². The molecule has 0 bridgehead atoms. The maximum atomic E-state index is 12.9. The molecule has 1 aromatic carbocycles. The second-order valence-corrected chi connectivity index (χ2v) is 9.54. The molecule has 1 aliphatic carbocycles. The highest BCUT2D eigenvalue weighted by Gasteiger charge is 2.36. The number of aliphatic carboxylic acids is 1. The van der Waals surface area contributed by atoms with Gasteiger partial charge in [-0.05, 0) is 51.8 Å². The van der Waals surface area contributed by atoms with Crippen LogP contribution in [-0.4, -0.2) is 40.3 Å². The third-order valence-electron chi connectivity index (χ3n) is 6.95. The van der Waals surface area contributed by atoms with E-state index in [-0.39, 0.29) is 11.7 Å². The predicted octanol–water partition coefficient (Wildman–Crippen LogP) is 5.50. The number of carbonyl (C=O) groups excluding carboxylic acids is 2. The van der Waals surface area contributed by atoms with Crippen molar-refractivity contribution < 1.29 is 33.5 Å². The summed E-state index contributed by atoms with van der Waals surface area (Å²) in [6.07, 6.45) is 1.35. The van der Waals surface area contributed by atoms with Gasteiger partial charge >= 0.3 is 12.1 Å². The number of carbonyl (C=O) groups is 3. The van der Waals surface area contributed by atoms with Gasteiger partial charge in [0, 0.05) is 5.56 Å². The van der Waals surface area contributed by atoms with E-state index < -0.39 is 30.0 Å². The molecule has 1 aliphatic rings. The van der Waals surface area contributed by atoms with Crippen LogP contribution in [0.2, 0.25) is 0 Å². The number of aryl methyl sites for hydroxylation is 2. The van der Waals surface area contributed by atoms with Crippen molar-refractivity contribution in [3.63, 3.8) is 0 Å². The van der Waals surface area contributed by atoms with Crippen LogP contribution in [0, 0.1) is 25.7 Å². The fraction of sp³-hybridized carbons (Fsp3) is 0.393. The van der Waals surface area contributed by atoms with Gasteiger partial charge in [0.15, 0.2) is 0 Å². The molecule has 1 fully saturated rings. The highest BCUT2D eigenvalue weighted by molar-refractivity contribution is 5.96. The van der Waals surface area contributed by atoms with E-state index in [0.717, 1.165) is 18.4 Å². The van der Waals surface area contributed by atoms with E-state index in [4.69, 9.17) is 14.0 Å². The number of ether oxygens (including phenoxy) is 2. The number of carboxylic acids is 1. The third-order valence-corrected chi connectivity index (χ3v) is 6.95. The second kappa shape index (κ2) is 12.0. The highest BCUT2D eigenvalue weighted by Crippen LogP contribution is 2.34. The number of aromatic nitrogens is 2. The quantitative estimate of drug-likeness (QED) is 0.338. The first-order valence-electron chi connectivity index (χ1n) is 12.8. The van der Waals surface area contributed by atoms with Crippen molar-refractivity contribution in [1.82, 2.24) is 10.1 Å². The van der Waals surface area contributed by atoms with Crippen molar-refractivity contribution >= 4 is 29.3 Å². The minimum Gasteiger partial charge on any atom is -0.496 e. The Balaban J connectivity index is 1.47. The molecule has 0 radical (unpaired) electrons. The molecule has 2 heterocycles. The number of amides is 2. The van der Waals surface area contributed by atoms with Gasteiger partial charge in [-0.3, -0.25) is 14.9 Å². The van der Waals surface area contributed by atoms with E-state index in [0.29, 0.717) is 47.0 Å². The number of carboxylic acid groups (broad SMARTS) is 1. The molecule has 0 spiro atoms. The van der Waals surface area contributed by atoms with Crippen LogP contribution >= 0.6 is 0 Å². The maximum absolute atomic E-state index is 12.9. The number of para-hydroxylation sites is 1. The molecule has 11 nitrogen and oxygen atoms in total. The number of hydrogen-bond acceptors (Lipinski definition) is 8. The highest BCUT2D eigenvalue weighted by atomic mass is 16.6. The summed E-state index contributed by atoms with van der Waals surface area (Å²) in [6.45, 7) is 5.13. The first-order valence-corrected chi connectivity index (χ1v) is 12.8.